The normalized spacial score (nSPS) is 15.9. The van der Waals surface area contributed by atoms with Crippen LogP contribution in [0.2, 0.25) is 0 Å². The van der Waals surface area contributed by atoms with Gasteiger partial charge in [-0.25, -0.2) is 8.78 Å². The highest BCUT2D eigenvalue weighted by Gasteiger charge is 2.21. The monoisotopic (exact) mass is 150 g/mol. The van der Waals surface area contributed by atoms with Gasteiger partial charge in [0, 0.05) is 5.92 Å². The van der Waals surface area contributed by atoms with Crippen LogP contribution in [0.25, 0.3) is 0 Å². The van der Waals surface area contributed by atoms with Crippen LogP contribution in [-0.2, 0) is 0 Å². The first-order valence-corrected chi connectivity index (χ1v) is 3.61. The second-order valence-corrected chi connectivity index (χ2v) is 4.08. The van der Waals surface area contributed by atoms with Gasteiger partial charge >= 0.3 is 0 Å². The maximum absolute atomic E-state index is 12.0. The second-order valence-electron chi connectivity index (χ2n) is 4.08. The molecule has 0 nitrogen and oxygen atoms in total. The van der Waals surface area contributed by atoms with Gasteiger partial charge in [-0.3, -0.25) is 0 Å². The van der Waals surface area contributed by atoms with Crippen molar-refractivity contribution < 1.29 is 8.78 Å². The molecular formula is C8H16F2. The lowest BCUT2D eigenvalue weighted by Gasteiger charge is -2.22. The summed E-state index contributed by atoms with van der Waals surface area (Å²) in [5, 5.41) is 0. The van der Waals surface area contributed by atoms with Gasteiger partial charge in [0.25, 0.3) is 0 Å². The van der Waals surface area contributed by atoms with Crippen molar-refractivity contribution in [1.82, 2.24) is 0 Å². The summed E-state index contributed by atoms with van der Waals surface area (Å²) in [5.41, 5.74) is 0.0237. The van der Waals surface area contributed by atoms with Crippen molar-refractivity contribution in [2.45, 2.75) is 40.5 Å². The van der Waals surface area contributed by atoms with Crippen LogP contribution >= 0.6 is 0 Å². The Bertz CT molecular complexity index is 91.9. The molecule has 0 bridgehead atoms. The number of hydrogen-bond donors (Lipinski definition) is 0. The predicted octanol–water partition coefficient (Wildman–Crippen LogP) is 3.32. The lowest BCUT2D eigenvalue weighted by atomic mass is 9.86. The van der Waals surface area contributed by atoms with Gasteiger partial charge in [0.15, 0.2) is 0 Å². The van der Waals surface area contributed by atoms with E-state index in [-0.39, 0.29) is 5.41 Å². The standard InChI is InChI=1S/C8H16F2/c1-6(7(9)10)5-8(2,3)4/h6-7H,5H2,1-4H3/t6-/m0/s1. The quantitative estimate of drug-likeness (QED) is 0.566. The van der Waals surface area contributed by atoms with Crippen molar-refractivity contribution in [1.29, 1.82) is 0 Å². The minimum Gasteiger partial charge on any atom is -0.210 e. The number of rotatable bonds is 2. The summed E-state index contributed by atoms with van der Waals surface area (Å²) in [6.07, 6.45) is -1.58. The molecule has 0 radical (unpaired) electrons. The molecule has 62 valence electrons. The zero-order valence-electron chi connectivity index (χ0n) is 7.12. The molecule has 0 saturated carbocycles. The molecule has 0 N–H and O–H groups in total. The fraction of sp³-hybridized carbons (Fsp3) is 1.00. The molecule has 0 fully saturated rings. The molecule has 10 heavy (non-hydrogen) atoms. The van der Waals surface area contributed by atoms with E-state index in [1.54, 1.807) is 6.92 Å². The Labute approximate surface area is 61.6 Å². The molecule has 1 atom stereocenters. The smallest absolute Gasteiger partial charge is 0.210 e. The molecule has 0 heterocycles. The van der Waals surface area contributed by atoms with E-state index in [0.29, 0.717) is 6.42 Å². The molecule has 0 aliphatic heterocycles. The van der Waals surface area contributed by atoms with Gasteiger partial charge in [0.2, 0.25) is 6.43 Å². The summed E-state index contributed by atoms with van der Waals surface area (Å²) in [6.45, 7) is 7.53. The van der Waals surface area contributed by atoms with E-state index < -0.39 is 12.3 Å². The van der Waals surface area contributed by atoms with E-state index in [0.717, 1.165) is 0 Å². The van der Waals surface area contributed by atoms with Gasteiger partial charge in [-0.15, -0.1) is 0 Å². The summed E-state index contributed by atoms with van der Waals surface area (Å²) < 4.78 is 23.9. The van der Waals surface area contributed by atoms with Crippen molar-refractivity contribution in [3.05, 3.63) is 0 Å². The molecule has 0 aromatic carbocycles. The summed E-state index contributed by atoms with van der Waals surface area (Å²) in [5.74, 6) is -0.472. The third-order valence-electron chi connectivity index (χ3n) is 1.36. The molecule has 0 unspecified atom stereocenters. The van der Waals surface area contributed by atoms with E-state index in [4.69, 9.17) is 0 Å². The zero-order chi connectivity index (χ0) is 8.36. The van der Waals surface area contributed by atoms with E-state index in [2.05, 4.69) is 0 Å². The topological polar surface area (TPSA) is 0 Å². The van der Waals surface area contributed by atoms with Gasteiger partial charge in [0.1, 0.15) is 0 Å². The molecule has 0 amide bonds. The van der Waals surface area contributed by atoms with E-state index in [9.17, 15) is 8.78 Å². The molecule has 0 rings (SSSR count). The lowest BCUT2D eigenvalue weighted by molar-refractivity contribution is 0.0632. The zero-order valence-corrected chi connectivity index (χ0v) is 7.12. The fourth-order valence-corrected chi connectivity index (χ4v) is 1.06. The first-order valence-electron chi connectivity index (χ1n) is 3.61. The molecule has 0 spiro atoms. The third-order valence-corrected chi connectivity index (χ3v) is 1.36. The van der Waals surface area contributed by atoms with Crippen LogP contribution < -0.4 is 0 Å². The molecule has 0 saturated heterocycles. The summed E-state index contributed by atoms with van der Waals surface area (Å²) in [4.78, 5) is 0. The third kappa shape index (κ3) is 4.71. The van der Waals surface area contributed by atoms with Crippen LogP contribution in [0.3, 0.4) is 0 Å². The number of halogens is 2. The fourth-order valence-electron chi connectivity index (χ4n) is 1.06. The first-order chi connectivity index (χ1) is 4.33. The highest BCUT2D eigenvalue weighted by Crippen LogP contribution is 2.27. The number of alkyl halides is 2. The molecule has 0 aromatic rings. The van der Waals surface area contributed by atoms with Crippen LogP contribution in [0, 0.1) is 11.3 Å². The van der Waals surface area contributed by atoms with Crippen LogP contribution in [-0.4, -0.2) is 6.43 Å². The minimum atomic E-state index is -2.17. The first kappa shape index (κ1) is 9.86. The maximum Gasteiger partial charge on any atom is 0.241 e. The van der Waals surface area contributed by atoms with Crippen LogP contribution in [0.15, 0.2) is 0 Å². The molecule has 2 heteroatoms. The van der Waals surface area contributed by atoms with Crippen molar-refractivity contribution in [3.8, 4) is 0 Å². The van der Waals surface area contributed by atoms with Gasteiger partial charge in [-0.2, -0.15) is 0 Å². The van der Waals surface area contributed by atoms with Crippen molar-refractivity contribution >= 4 is 0 Å². The van der Waals surface area contributed by atoms with Crippen LogP contribution in [0.4, 0.5) is 8.78 Å². The average Bonchev–Trinajstić information content (AvgIpc) is 1.60. The van der Waals surface area contributed by atoms with Crippen molar-refractivity contribution in [3.63, 3.8) is 0 Å². The maximum atomic E-state index is 12.0. The second kappa shape index (κ2) is 3.31. The predicted molar refractivity (Wildman–Crippen MR) is 39.2 cm³/mol. The van der Waals surface area contributed by atoms with Gasteiger partial charge in [-0.1, -0.05) is 27.7 Å². The van der Waals surface area contributed by atoms with E-state index in [1.165, 1.54) is 0 Å². The van der Waals surface area contributed by atoms with Crippen molar-refractivity contribution in [2.24, 2.45) is 11.3 Å². The average molecular weight is 150 g/mol. The Morgan fingerprint density at radius 1 is 1.20 bits per heavy atom. The van der Waals surface area contributed by atoms with E-state index >= 15 is 0 Å². The van der Waals surface area contributed by atoms with Crippen LogP contribution in [0.1, 0.15) is 34.1 Å². The van der Waals surface area contributed by atoms with E-state index in [1.807, 2.05) is 20.8 Å². The summed E-state index contributed by atoms with van der Waals surface area (Å²) >= 11 is 0. The van der Waals surface area contributed by atoms with Gasteiger partial charge in [-0.05, 0) is 11.8 Å². The van der Waals surface area contributed by atoms with Gasteiger partial charge < -0.3 is 0 Å². The highest BCUT2D eigenvalue weighted by atomic mass is 19.3. The number of hydrogen-bond acceptors (Lipinski definition) is 0. The Balaban J connectivity index is 3.68. The Kier molecular flexibility index (Phi) is 3.26. The molecular weight excluding hydrogens is 134 g/mol. The molecule has 0 aromatic heterocycles. The Hall–Kier alpha value is -0.140. The molecule has 0 aliphatic rings. The summed E-state index contributed by atoms with van der Waals surface area (Å²) in [6, 6.07) is 0. The Morgan fingerprint density at radius 2 is 1.60 bits per heavy atom. The van der Waals surface area contributed by atoms with Crippen molar-refractivity contribution in [2.75, 3.05) is 0 Å². The van der Waals surface area contributed by atoms with Gasteiger partial charge in [0.05, 0.1) is 0 Å². The van der Waals surface area contributed by atoms with Crippen LogP contribution in [0.5, 0.6) is 0 Å². The lowest BCUT2D eigenvalue weighted by Crippen LogP contribution is -2.16. The Morgan fingerprint density at radius 3 is 1.70 bits per heavy atom. The summed E-state index contributed by atoms with van der Waals surface area (Å²) in [7, 11) is 0. The largest absolute Gasteiger partial charge is 0.241 e. The molecule has 0 aliphatic carbocycles. The SMILES string of the molecule is C[C@@H](CC(C)(C)C)C(F)F. The minimum absolute atomic E-state index is 0.0237. The highest BCUT2D eigenvalue weighted by molar-refractivity contribution is 4.67.